The molecule has 0 unspecified atom stereocenters. The first-order chi connectivity index (χ1) is 17.4. The number of carbonyl (C=O) groups is 1. The molecule has 9 heteroatoms. The smallest absolute Gasteiger partial charge is 0.344 e. The summed E-state index contributed by atoms with van der Waals surface area (Å²) in [5.41, 5.74) is 1.22. The lowest BCUT2D eigenvalue weighted by atomic mass is 10.0. The number of nitro benzene ring substituents is 1. The van der Waals surface area contributed by atoms with Crippen LogP contribution < -0.4 is 15.7 Å². The number of hydrogen-bond donors (Lipinski definition) is 1. The van der Waals surface area contributed by atoms with Gasteiger partial charge in [-0.2, -0.15) is 0 Å². The van der Waals surface area contributed by atoms with E-state index in [0.29, 0.717) is 28.1 Å². The fourth-order valence-electron chi connectivity index (χ4n) is 3.87. The number of ether oxygens (including phenoxy) is 1. The number of anilines is 1. The molecule has 5 aromatic rings. The zero-order valence-electron chi connectivity index (χ0n) is 18.9. The van der Waals surface area contributed by atoms with Crippen LogP contribution in [-0.2, 0) is 0 Å². The quantitative estimate of drug-likeness (QED) is 0.182. The van der Waals surface area contributed by atoms with Crippen molar-refractivity contribution in [3.05, 3.63) is 111 Å². The second kappa shape index (κ2) is 9.22. The standard InChI is InChI=1S/C27H18N2O7/c1-34-24-11-10-16(19-14-17-6-2-5-9-22(17)36-27(19)31)15-20(24)28-26(30)25-13-12-23(35-25)18-7-3-4-8-21(18)29(32)33/h2-15H,1H3,(H,28,30). The minimum absolute atomic E-state index is 0.0548. The van der Waals surface area contributed by atoms with Crippen molar-refractivity contribution in [1.82, 2.24) is 0 Å². The lowest BCUT2D eigenvalue weighted by Gasteiger charge is -2.11. The van der Waals surface area contributed by atoms with Crippen molar-refractivity contribution in [3.63, 3.8) is 0 Å². The summed E-state index contributed by atoms with van der Waals surface area (Å²) in [7, 11) is 1.45. The number of fused-ring (bicyclic) bond motifs is 1. The Morgan fingerprint density at radius 1 is 0.917 bits per heavy atom. The molecule has 0 aliphatic heterocycles. The van der Waals surface area contributed by atoms with Gasteiger partial charge in [-0.25, -0.2) is 4.79 Å². The third kappa shape index (κ3) is 4.21. The van der Waals surface area contributed by atoms with Crippen molar-refractivity contribution in [2.45, 2.75) is 0 Å². The molecule has 2 heterocycles. The number of hydrogen-bond acceptors (Lipinski definition) is 7. The number of nitrogens with one attached hydrogen (secondary N) is 1. The summed E-state index contributed by atoms with van der Waals surface area (Å²) in [6.07, 6.45) is 0. The van der Waals surface area contributed by atoms with Crippen LogP contribution in [0.5, 0.6) is 5.75 Å². The predicted molar refractivity (Wildman–Crippen MR) is 133 cm³/mol. The fraction of sp³-hybridized carbons (Fsp3) is 0.0370. The predicted octanol–water partition coefficient (Wildman–Crippen LogP) is 5.89. The van der Waals surface area contributed by atoms with Gasteiger partial charge < -0.3 is 18.9 Å². The number of carbonyl (C=O) groups excluding carboxylic acids is 1. The zero-order chi connectivity index (χ0) is 25.2. The van der Waals surface area contributed by atoms with E-state index in [1.165, 1.54) is 25.3 Å². The molecule has 0 bridgehead atoms. The van der Waals surface area contributed by atoms with Crippen molar-refractivity contribution in [2.24, 2.45) is 0 Å². The fourth-order valence-corrected chi connectivity index (χ4v) is 3.87. The third-order valence-electron chi connectivity index (χ3n) is 5.60. The third-order valence-corrected chi connectivity index (χ3v) is 5.60. The maximum Gasteiger partial charge on any atom is 0.344 e. The van der Waals surface area contributed by atoms with E-state index in [1.807, 2.05) is 12.1 Å². The molecule has 0 saturated heterocycles. The Hall–Kier alpha value is -5.18. The van der Waals surface area contributed by atoms with Crippen LogP contribution in [-0.4, -0.2) is 17.9 Å². The van der Waals surface area contributed by atoms with Gasteiger partial charge in [-0.1, -0.05) is 36.4 Å². The molecule has 1 N–H and O–H groups in total. The van der Waals surface area contributed by atoms with Crippen LogP contribution in [0.4, 0.5) is 11.4 Å². The minimum Gasteiger partial charge on any atom is -0.495 e. The van der Waals surface area contributed by atoms with Gasteiger partial charge in [0.1, 0.15) is 17.1 Å². The Kier molecular flexibility index (Phi) is 5.79. The van der Waals surface area contributed by atoms with Gasteiger partial charge in [-0.15, -0.1) is 0 Å². The first kappa shape index (κ1) is 22.6. The van der Waals surface area contributed by atoms with E-state index in [4.69, 9.17) is 13.6 Å². The highest BCUT2D eigenvalue weighted by Crippen LogP contribution is 2.33. The number of amides is 1. The molecule has 0 atom stereocenters. The summed E-state index contributed by atoms with van der Waals surface area (Å²) in [6.45, 7) is 0. The Bertz CT molecular complexity index is 1680. The minimum atomic E-state index is -0.596. The molecule has 3 aromatic carbocycles. The summed E-state index contributed by atoms with van der Waals surface area (Å²) in [6, 6.07) is 22.8. The van der Waals surface area contributed by atoms with Gasteiger partial charge in [-0.3, -0.25) is 14.9 Å². The van der Waals surface area contributed by atoms with E-state index in [9.17, 15) is 19.7 Å². The molecule has 0 aliphatic carbocycles. The van der Waals surface area contributed by atoms with E-state index < -0.39 is 16.5 Å². The molecule has 178 valence electrons. The van der Waals surface area contributed by atoms with Crippen LogP contribution >= 0.6 is 0 Å². The van der Waals surface area contributed by atoms with Gasteiger partial charge in [0.2, 0.25) is 0 Å². The summed E-state index contributed by atoms with van der Waals surface area (Å²) in [5, 5.41) is 14.8. The zero-order valence-corrected chi connectivity index (χ0v) is 18.9. The van der Waals surface area contributed by atoms with Crippen LogP contribution in [0, 0.1) is 10.1 Å². The largest absolute Gasteiger partial charge is 0.495 e. The highest BCUT2D eigenvalue weighted by Gasteiger charge is 2.20. The maximum atomic E-state index is 13.0. The van der Waals surface area contributed by atoms with Crippen molar-refractivity contribution < 1.29 is 23.3 Å². The average molecular weight is 482 g/mol. The molecule has 0 spiro atoms. The van der Waals surface area contributed by atoms with Crippen LogP contribution in [0.3, 0.4) is 0 Å². The summed E-state index contributed by atoms with van der Waals surface area (Å²) < 4.78 is 16.4. The van der Waals surface area contributed by atoms with E-state index >= 15 is 0 Å². The molecular formula is C27H18N2O7. The van der Waals surface area contributed by atoms with Gasteiger partial charge in [-0.05, 0) is 48.0 Å². The molecule has 9 nitrogen and oxygen atoms in total. The van der Waals surface area contributed by atoms with Crippen molar-refractivity contribution in [2.75, 3.05) is 12.4 Å². The molecular weight excluding hydrogens is 464 g/mol. The normalized spacial score (nSPS) is 10.8. The summed E-state index contributed by atoms with van der Waals surface area (Å²) >= 11 is 0. The number of methoxy groups -OCH3 is 1. The molecule has 1 amide bonds. The number of rotatable bonds is 6. The van der Waals surface area contributed by atoms with Crippen LogP contribution in [0.2, 0.25) is 0 Å². The van der Waals surface area contributed by atoms with Crippen LogP contribution in [0.15, 0.2) is 98.6 Å². The van der Waals surface area contributed by atoms with Crippen molar-refractivity contribution in [3.8, 4) is 28.2 Å². The lowest BCUT2D eigenvalue weighted by Crippen LogP contribution is -2.12. The van der Waals surface area contributed by atoms with E-state index in [-0.39, 0.29) is 22.8 Å². The molecule has 0 aliphatic rings. The monoisotopic (exact) mass is 482 g/mol. The number of nitrogens with zero attached hydrogens (tertiary/aromatic N) is 1. The highest BCUT2D eigenvalue weighted by atomic mass is 16.6. The molecule has 0 radical (unpaired) electrons. The molecule has 36 heavy (non-hydrogen) atoms. The number of benzene rings is 3. The molecule has 5 rings (SSSR count). The van der Waals surface area contributed by atoms with E-state index in [1.54, 1.807) is 54.6 Å². The number of furan rings is 1. The Labute approximate surface area is 203 Å². The second-order valence-corrected chi connectivity index (χ2v) is 7.79. The Morgan fingerprint density at radius 2 is 1.69 bits per heavy atom. The average Bonchev–Trinajstić information content (AvgIpc) is 3.39. The lowest BCUT2D eigenvalue weighted by molar-refractivity contribution is -0.384. The molecule has 2 aromatic heterocycles. The second-order valence-electron chi connectivity index (χ2n) is 7.79. The highest BCUT2D eigenvalue weighted by molar-refractivity contribution is 6.04. The van der Waals surface area contributed by atoms with Crippen molar-refractivity contribution >= 4 is 28.3 Å². The number of para-hydroxylation sites is 2. The van der Waals surface area contributed by atoms with Crippen LogP contribution in [0.1, 0.15) is 10.6 Å². The number of nitro groups is 1. The SMILES string of the molecule is COc1ccc(-c2cc3ccccc3oc2=O)cc1NC(=O)c1ccc(-c2ccccc2[N+](=O)[O-])o1. The Balaban J connectivity index is 1.47. The van der Waals surface area contributed by atoms with E-state index in [0.717, 1.165) is 5.39 Å². The summed E-state index contributed by atoms with van der Waals surface area (Å²) in [4.78, 5) is 36.4. The van der Waals surface area contributed by atoms with Crippen molar-refractivity contribution in [1.29, 1.82) is 0 Å². The molecule has 0 saturated carbocycles. The summed E-state index contributed by atoms with van der Waals surface area (Å²) in [5.74, 6) is -0.105. The molecule has 0 fully saturated rings. The van der Waals surface area contributed by atoms with Gasteiger partial charge in [0.05, 0.1) is 28.8 Å². The first-order valence-corrected chi connectivity index (χ1v) is 10.8. The van der Waals surface area contributed by atoms with Gasteiger partial charge >= 0.3 is 5.63 Å². The van der Waals surface area contributed by atoms with Gasteiger partial charge in [0.15, 0.2) is 5.76 Å². The van der Waals surface area contributed by atoms with Gasteiger partial charge in [0, 0.05) is 11.5 Å². The topological polar surface area (TPSA) is 125 Å². The van der Waals surface area contributed by atoms with Gasteiger partial charge in [0.25, 0.3) is 11.6 Å². The van der Waals surface area contributed by atoms with E-state index in [2.05, 4.69) is 5.32 Å². The van der Waals surface area contributed by atoms with Crippen LogP contribution in [0.25, 0.3) is 33.4 Å². The first-order valence-electron chi connectivity index (χ1n) is 10.8. The maximum absolute atomic E-state index is 13.0. The Morgan fingerprint density at radius 3 is 2.50 bits per heavy atom.